The molecular weight excluding hydrogens is 334 g/mol. The largest absolute Gasteiger partial charge is 0.456 e. The number of piperidine rings is 1. The van der Waals surface area contributed by atoms with Crippen molar-refractivity contribution in [3.8, 4) is 0 Å². The maximum atomic E-state index is 12.7. The molecule has 1 aliphatic carbocycles. The summed E-state index contributed by atoms with van der Waals surface area (Å²) in [6.07, 6.45) is 5.30. The molecule has 1 saturated carbocycles. The Morgan fingerprint density at radius 1 is 1.44 bits per heavy atom. The normalized spacial score (nSPS) is 21.9. The van der Waals surface area contributed by atoms with Crippen molar-refractivity contribution in [1.29, 1.82) is 0 Å². The Hall–Kier alpha value is -1.66. The van der Waals surface area contributed by atoms with Gasteiger partial charge in [-0.2, -0.15) is 0 Å². The zero-order chi connectivity index (χ0) is 17.6. The number of amides is 1. The van der Waals surface area contributed by atoms with Crippen LogP contribution in [0.2, 0.25) is 0 Å². The van der Waals surface area contributed by atoms with Crippen LogP contribution in [0, 0.1) is 19.3 Å². The minimum atomic E-state index is 0.0498. The number of likely N-dealkylation sites (tertiary alicyclic amines) is 1. The average molecular weight is 359 g/mol. The number of hydrogen-bond acceptors (Lipinski definition) is 5. The molecule has 2 aromatic rings. The first-order chi connectivity index (χ1) is 12.0. The fraction of sp³-hybridized carbons (Fsp3) is 0.579. The monoisotopic (exact) mass is 359 g/mol. The number of nitrogens with zero attached hydrogens (tertiary/aromatic N) is 3. The van der Waals surface area contributed by atoms with Crippen molar-refractivity contribution in [1.82, 2.24) is 14.8 Å². The van der Waals surface area contributed by atoms with Gasteiger partial charge in [0.1, 0.15) is 10.8 Å². The van der Waals surface area contributed by atoms with E-state index in [-0.39, 0.29) is 5.91 Å². The molecule has 5 nitrogen and oxygen atoms in total. The van der Waals surface area contributed by atoms with Crippen molar-refractivity contribution in [3.05, 3.63) is 39.7 Å². The first kappa shape index (κ1) is 16.8. The molecule has 0 unspecified atom stereocenters. The van der Waals surface area contributed by atoms with E-state index in [0.29, 0.717) is 17.2 Å². The Morgan fingerprint density at radius 3 is 2.80 bits per heavy atom. The second-order valence-corrected chi connectivity index (χ2v) is 8.56. The van der Waals surface area contributed by atoms with Crippen LogP contribution in [0.4, 0.5) is 0 Å². The molecule has 2 fully saturated rings. The molecule has 1 spiro atoms. The van der Waals surface area contributed by atoms with Gasteiger partial charge in [0.05, 0.1) is 6.54 Å². The van der Waals surface area contributed by atoms with E-state index in [1.807, 2.05) is 36.4 Å². The molecule has 134 valence electrons. The van der Waals surface area contributed by atoms with Gasteiger partial charge >= 0.3 is 0 Å². The first-order valence-electron chi connectivity index (χ1n) is 8.93. The smallest absolute Gasteiger partial charge is 0.289 e. The highest BCUT2D eigenvalue weighted by molar-refractivity contribution is 7.09. The van der Waals surface area contributed by atoms with E-state index in [0.717, 1.165) is 43.8 Å². The van der Waals surface area contributed by atoms with E-state index < -0.39 is 0 Å². The number of aromatic nitrogens is 1. The SMILES string of the molecule is Cc1cc(C)c(C(=O)N2CCC3(CC2)C[C@H]3N(C)Cc2nccs2)o1. The lowest BCUT2D eigenvalue weighted by molar-refractivity contribution is 0.0624. The van der Waals surface area contributed by atoms with Gasteiger partial charge in [0.2, 0.25) is 0 Å². The Bertz CT molecular complexity index is 760. The molecule has 0 N–H and O–H groups in total. The minimum Gasteiger partial charge on any atom is -0.456 e. The second kappa shape index (κ2) is 6.25. The van der Waals surface area contributed by atoms with Gasteiger partial charge in [0.15, 0.2) is 5.76 Å². The quantitative estimate of drug-likeness (QED) is 0.839. The van der Waals surface area contributed by atoms with Gasteiger partial charge in [-0.25, -0.2) is 4.98 Å². The third-order valence-electron chi connectivity index (χ3n) is 5.83. The Kier molecular flexibility index (Phi) is 4.20. The predicted molar refractivity (Wildman–Crippen MR) is 97.7 cm³/mol. The molecule has 3 heterocycles. The van der Waals surface area contributed by atoms with Crippen molar-refractivity contribution in [3.63, 3.8) is 0 Å². The number of carbonyl (C=O) groups excluding carboxylic acids is 1. The van der Waals surface area contributed by atoms with E-state index >= 15 is 0 Å². The van der Waals surface area contributed by atoms with E-state index in [4.69, 9.17) is 4.42 Å². The van der Waals surface area contributed by atoms with Gasteiger partial charge in [0.25, 0.3) is 5.91 Å². The summed E-state index contributed by atoms with van der Waals surface area (Å²) in [5.41, 5.74) is 1.34. The third-order valence-corrected chi connectivity index (χ3v) is 6.59. The molecule has 2 aromatic heterocycles. The van der Waals surface area contributed by atoms with Crippen LogP contribution in [0.5, 0.6) is 0 Å². The van der Waals surface area contributed by atoms with Crippen molar-refractivity contribution < 1.29 is 9.21 Å². The molecule has 1 saturated heterocycles. The first-order valence-corrected chi connectivity index (χ1v) is 9.81. The Balaban J connectivity index is 1.34. The maximum Gasteiger partial charge on any atom is 0.289 e. The summed E-state index contributed by atoms with van der Waals surface area (Å²) in [5, 5.41) is 3.22. The molecule has 4 rings (SSSR count). The van der Waals surface area contributed by atoms with Gasteiger partial charge in [-0.1, -0.05) is 0 Å². The predicted octanol–water partition coefficient (Wildman–Crippen LogP) is 3.48. The van der Waals surface area contributed by atoms with Crippen molar-refractivity contribution in [2.75, 3.05) is 20.1 Å². The fourth-order valence-corrected chi connectivity index (χ4v) is 4.97. The van der Waals surface area contributed by atoms with Crippen LogP contribution in [0.1, 0.15) is 46.1 Å². The van der Waals surface area contributed by atoms with E-state index in [9.17, 15) is 4.79 Å². The summed E-state index contributed by atoms with van der Waals surface area (Å²) in [6, 6.07) is 2.56. The van der Waals surface area contributed by atoms with Gasteiger partial charge < -0.3 is 9.32 Å². The molecule has 25 heavy (non-hydrogen) atoms. The number of rotatable bonds is 4. The molecule has 0 bridgehead atoms. The average Bonchev–Trinajstić information content (AvgIpc) is 2.92. The fourth-order valence-electron chi connectivity index (χ4n) is 4.29. The van der Waals surface area contributed by atoms with Gasteiger partial charge in [-0.3, -0.25) is 9.69 Å². The Morgan fingerprint density at radius 2 is 2.20 bits per heavy atom. The number of hydrogen-bond donors (Lipinski definition) is 0. The van der Waals surface area contributed by atoms with E-state index in [1.165, 1.54) is 11.4 Å². The van der Waals surface area contributed by atoms with Crippen LogP contribution in [0.25, 0.3) is 0 Å². The number of carbonyl (C=O) groups is 1. The van der Waals surface area contributed by atoms with Gasteiger partial charge in [-0.05, 0) is 51.6 Å². The van der Waals surface area contributed by atoms with Crippen LogP contribution in [-0.2, 0) is 6.54 Å². The summed E-state index contributed by atoms with van der Waals surface area (Å²) in [6.45, 7) is 6.43. The van der Waals surface area contributed by atoms with Crippen LogP contribution in [0.15, 0.2) is 22.1 Å². The van der Waals surface area contributed by atoms with Crippen LogP contribution < -0.4 is 0 Å². The second-order valence-electron chi connectivity index (χ2n) is 7.58. The maximum absolute atomic E-state index is 12.7. The molecule has 6 heteroatoms. The van der Waals surface area contributed by atoms with E-state index in [2.05, 4.69) is 16.9 Å². The summed E-state index contributed by atoms with van der Waals surface area (Å²) in [5.74, 6) is 1.37. The molecule has 0 radical (unpaired) electrons. The molecule has 1 atom stereocenters. The minimum absolute atomic E-state index is 0.0498. The number of furan rings is 1. The van der Waals surface area contributed by atoms with E-state index in [1.54, 1.807) is 11.3 Å². The molecular formula is C19H25N3O2S. The zero-order valence-corrected chi connectivity index (χ0v) is 15.9. The highest BCUT2D eigenvalue weighted by Crippen LogP contribution is 2.56. The van der Waals surface area contributed by atoms with Crippen molar-refractivity contribution in [2.24, 2.45) is 5.41 Å². The van der Waals surface area contributed by atoms with Crippen LogP contribution in [-0.4, -0.2) is 46.9 Å². The lowest BCUT2D eigenvalue weighted by atomic mass is 9.92. The van der Waals surface area contributed by atoms with Crippen molar-refractivity contribution in [2.45, 2.75) is 45.7 Å². The highest BCUT2D eigenvalue weighted by Gasteiger charge is 2.57. The zero-order valence-electron chi connectivity index (χ0n) is 15.1. The highest BCUT2D eigenvalue weighted by atomic mass is 32.1. The van der Waals surface area contributed by atoms with Crippen LogP contribution in [0.3, 0.4) is 0 Å². The molecule has 0 aromatic carbocycles. The molecule has 1 aliphatic heterocycles. The Labute approximate surface area is 152 Å². The standard InChI is InChI=1S/C19H25N3O2S/c1-13-10-14(2)24-17(13)18(23)22-7-4-19(5-8-22)11-15(19)21(3)12-16-20-6-9-25-16/h6,9-10,15H,4-5,7-8,11-12H2,1-3H3/t15-/m1/s1. The van der Waals surface area contributed by atoms with Crippen LogP contribution >= 0.6 is 11.3 Å². The number of aryl methyl sites for hydroxylation is 2. The summed E-state index contributed by atoms with van der Waals surface area (Å²) in [4.78, 5) is 21.5. The van der Waals surface area contributed by atoms with Gasteiger partial charge in [0, 0.05) is 36.3 Å². The topological polar surface area (TPSA) is 49.6 Å². The molecule has 2 aliphatic rings. The molecule has 1 amide bonds. The third kappa shape index (κ3) is 3.13. The van der Waals surface area contributed by atoms with Crippen molar-refractivity contribution >= 4 is 17.2 Å². The summed E-state index contributed by atoms with van der Waals surface area (Å²) >= 11 is 1.72. The lowest BCUT2D eigenvalue weighted by Gasteiger charge is -2.33. The lowest BCUT2D eigenvalue weighted by Crippen LogP contribution is -2.41. The van der Waals surface area contributed by atoms with Gasteiger partial charge in [-0.15, -0.1) is 11.3 Å². The summed E-state index contributed by atoms with van der Waals surface area (Å²) < 4.78 is 5.61. The summed E-state index contributed by atoms with van der Waals surface area (Å²) in [7, 11) is 2.20. The number of thiazole rings is 1.